The van der Waals surface area contributed by atoms with Crippen LogP contribution in [0.15, 0.2) is 65.0 Å². The fraction of sp³-hybridized carbons (Fsp3) is 0.150. The van der Waals surface area contributed by atoms with Crippen LogP contribution < -0.4 is 10.1 Å². The van der Waals surface area contributed by atoms with Gasteiger partial charge in [-0.15, -0.1) is 10.2 Å². The number of rotatable bonds is 8. The van der Waals surface area contributed by atoms with Crippen molar-refractivity contribution in [3.63, 3.8) is 0 Å². The Morgan fingerprint density at radius 2 is 1.93 bits per heavy atom. The van der Waals surface area contributed by atoms with Gasteiger partial charge in [-0.3, -0.25) is 10.1 Å². The maximum absolute atomic E-state index is 12.5. The molecule has 138 valence electrons. The van der Waals surface area contributed by atoms with Crippen molar-refractivity contribution in [1.29, 1.82) is 0 Å². The molecule has 0 aliphatic heterocycles. The standard InChI is InChI=1S/C20H19N3O2S2/c1-2-25-17-13-7-6-12-16(17)18(24)21-19-22-23-20(27-19)26-14-8-11-15-9-4-3-5-10-15/h3-13H,2,14H2,1H3,(H,21,22,24). The first-order chi connectivity index (χ1) is 13.3. The van der Waals surface area contributed by atoms with Gasteiger partial charge < -0.3 is 4.74 Å². The molecular weight excluding hydrogens is 378 g/mol. The number of carbonyl (C=O) groups excluding carboxylic acids is 1. The highest BCUT2D eigenvalue weighted by Crippen LogP contribution is 2.27. The first-order valence-corrected chi connectivity index (χ1v) is 10.3. The number of para-hydroxylation sites is 1. The SMILES string of the molecule is CCOc1ccccc1C(=O)Nc1nnc(SCC=Cc2ccccc2)s1. The van der Waals surface area contributed by atoms with Gasteiger partial charge in [-0.25, -0.2) is 0 Å². The Morgan fingerprint density at radius 3 is 2.74 bits per heavy atom. The lowest BCUT2D eigenvalue weighted by molar-refractivity contribution is 0.102. The Balaban J connectivity index is 1.55. The van der Waals surface area contributed by atoms with Crippen molar-refractivity contribution in [2.75, 3.05) is 17.7 Å². The second kappa shape index (κ2) is 9.89. The first kappa shape index (κ1) is 19.1. The van der Waals surface area contributed by atoms with Gasteiger partial charge >= 0.3 is 0 Å². The number of thioether (sulfide) groups is 1. The number of hydrogen-bond acceptors (Lipinski definition) is 6. The molecule has 0 saturated carbocycles. The Kier molecular flexibility index (Phi) is 7.01. The van der Waals surface area contributed by atoms with E-state index in [1.807, 2.05) is 31.2 Å². The Morgan fingerprint density at radius 1 is 1.15 bits per heavy atom. The molecule has 0 aliphatic carbocycles. The van der Waals surface area contributed by atoms with Crippen LogP contribution in [-0.2, 0) is 0 Å². The molecule has 3 aromatic rings. The van der Waals surface area contributed by atoms with Gasteiger partial charge in [-0.2, -0.15) is 0 Å². The molecule has 0 aliphatic rings. The molecule has 1 aromatic heterocycles. The van der Waals surface area contributed by atoms with Crippen LogP contribution in [-0.4, -0.2) is 28.5 Å². The molecule has 0 unspecified atom stereocenters. The summed E-state index contributed by atoms with van der Waals surface area (Å²) < 4.78 is 6.30. The van der Waals surface area contributed by atoms with Gasteiger partial charge in [-0.05, 0) is 24.6 Å². The zero-order valence-electron chi connectivity index (χ0n) is 14.8. The third-order valence-corrected chi connectivity index (χ3v) is 5.40. The van der Waals surface area contributed by atoms with Crippen LogP contribution in [0.2, 0.25) is 0 Å². The van der Waals surface area contributed by atoms with Gasteiger partial charge in [0.25, 0.3) is 5.91 Å². The van der Waals surface area contributed by atoms with Crippen LogP contribution in [0.5, 0.6) is 5.75 Å². The molecule has 5 nitrogen and oxygen atoms in total. The quantitative estimate of drug-likeness (QED) is 0.428. The molecule has 0 radical (unpaired) electrons. The first-order valence-electron chi connectivity index (χ1n) is 8.47. The summed E-state index contributed by atoms with van der Waals surface area (Å²) in [6, 6.07) is 17.3. The summed E-state index contributed by atoms with van der Waals surface area (Å²) in [5.41, 5.74) is 1.64. The highest BCUT2D eigenvalue weighted by atomic mass is 32.2. The summed E-state index contributed by atoms with van der Waals surface area (Å²) in [6.07, 6.45) is 4.15. The minimum Gasteiger partial charge on any atom is -0.493 e. The van der Waals surface area contributed by atoms with E-state index >= 15 is 0 Å². The third-order valence-electron chi connectivity index (χ3n) is 3.47. The maximum atomic E-state index is 12.5. The number of nitrogens with one attached hydrogen (secondary N) is 1. The Bertz CT molecular complexity index is 910. The van der Waals surface area contributed by atoms with Gasteiger partial charge in [-0.1, -0.05) is 77.7 Å². The van der Waals surface area contributed by atoms with E-state index in [0.717, 1.165) is 15.7 Å². The van der Waals surface area contributed by atoms with Crippen LogP contribution in [0.3, 0.4) is 0 Å². The number of nitrogens with zero attached hydrogens (tertiary/aromatic N) is 2. The third kappa shape index (κ3) is 5.67. The lowest BCUT2D eigenvalue weighted by atomic mass is 10.2. The summed E-state index contributed by atoms with van der Waals surface area (Å²) in [5.74, 6) is 1.09. The highest BCUT2D eigenvalue weighted by Gasteiger charge is 2.14. The van der Waals surface area contributed by atoms with Gasteiger partial charge in [0.1, 0.15) is 5.75 Å². The van der Waals surface area contributed by atoms with Crippen molar-refractivity contribution < 1.29 is 9.53 Å². The van der Waals surface area contributed by atoms with Crippen molar-refractivity contribution in [3.8, 4) is 5.75 Å². The topological polar surface area (TPSA) is 64.1 Å². The molecule has 0 spiro atoms. The summed E-state index contributed by atoms with van der Waals surface area (Å²) in [4.78, 5) is 12.5. The summed E-state index contributed by atoms with van der Waals surface area (Å²) in [6.45, 7) is 2.38. The van der Waals surface area contributed by atoms with Gasteiger partial charge in [0, 0.05) is 5.75 Å². The number of hydrogen-bond donors (Lipinski definition) is 1. The maximum Gasteiger partial charge on any atom is 0.261 e. The van der Waals surface area contributed by atoms with Crippen molar-refractivity contribution in [2.45, 2.75) is 11.3 Å². The molecule has 2 aromatic carbocycles. The highest BCUT2D eigenvalue weighted by molar-refractivity contribution is 8.01. The van der Waals surface area contributed by atoms with Crippen LogP contribution in [0, 0.1) is 0 Å². The minimum absolute atomic E-state index is 0.254. The van der Waals surface area contributed by atoms with Crippen molar-refractivity contribution in [3.05, 3.63) is 71.8 Å². The van der Waals surface area contributed by atoms with Crippen LogP contribution in [0.1, 0.15) is 22.8 Å². The molecule has 1 amide bonds. The molecule has 3 rings (SSSR count). The smallest absolute Gasteiger partial charge is 0.261 e. The van der Waals surface area contributed by atoms with E-state index in [-0.39, 0.29) is 5.91 Å². The fourth-order valence-corrected chi connectivity index (χ4v) is 3.87. The van der Waals surface area contributed by atoms with E-state index in [4.69, 9.17) is 4.74 Å². The van der Waals surface area contributed by atoms with E-state index in [9.17, 15) is 4.79 Å². The fourth-order valence-electron chi connectivity index (χ4n) is 2.29. The number of amides is 1. The lowest BCUT2D eigenvalue weighted by Crippen LogP contribution is -2.13. The summed E-state index contributed by atoms with van der Waals surface area (Å²) >= 11 is 2.93. The lowest BCUT2D eigenvalue weighted by Gasteiger charge is -2.08. The van der Waals surface area contributed by atoms with E-state index in [1.54, 1.807) is 30.0 Å². The average molecular weight is 398 g/mol. The molecule has 27 heavy (non-hydrogen) atoms. The molecule has 0 saturated heterocycles. The molecule has 0 bridgehead atoms. The average Bonchev–Trinajstić information content (AvgIpc) is 3.14. The normalized spacial score (nSPS) is 10.9. The van der Waals surface area contributed by atoms with E-state index in [2.05, 4.69) is 39.8 Å². The minimum atomic E-state index is -0.254. The second-order valence-corrected chi connectivity index (χ2v) is 7.63. The molecule has 1 heterocycles. The molecule has 0 atom stereocenters. The molecule has 7 heteroatoms. The van der Waals surface area contributed by atoms with Gasteiger partial charge in [0.2, 0.25) is 5.13 Å². The largest absolute Gasteiger partial charge is 0.493 e. The molecular formula is C20H19N3O2S2. The van der Waals surface area contributed by atoms with Gasteiger partial charge in [0.05, 0.1) is 12.2 Å². The van der Waals surface area contributed by atoms with Crippen molar-refractivity contribution in [2.24, 2.45) is 0 Å². The van der Waals surface area contributed by atoms with Crippen LogP contribution in [0.4, 0.5) is 5.13 Å². The molecule has 1 N–H and O–H groups in total. The van der Waals surface area contributed by atoms with Crippen molar-refractivity contribution in [1.82, 2.24) is 10.2 Å². The monoisotopic (exact) mass is 397 g/mol. The number of aromatic nitrogens is 2. The number of carbonyl (C=O) groups is 1. The van der Waals surface area contributed by atoms with E-state index in [1.165, 1.54) is 11.3 Å². The van der Waals surface area contributed by atoms with E-state index < -0.39 is 0 Å². The van der Waals surface area contributed by atoms with Crippen LogP contribution >= 0.6 is 23.1 Å². The number of benzene rings is 2. The zero-order chi connectivity index (χ0) is 18.9. The van der Waals surface area contributed by atoms with Crippen molar-refractivity contribution >= 4 is 40.2 Å². The van der Waals surface area contributed by atoms with E-state index in [0.29, 0.717) is 23.1 Å². The Labute approximate surface area is 166 Å². The Hall–Kier alpha value is -2.64. The predicted molar refractivity (Wildman–Crippen MR) is 112 cm³/mol. The van der Waals surface area contributed by atoms with Crippen LogP contribution in [0.25, 0.3) is 6.08 Å². The second-order valence-electron chi connectivity index (χ2n) is 5.38. The summed E-state index contributed by atoms with van der Waals surface area (Å²) in [5, 5.41) is 11.4. The zero-order valence-corrected chi connectivity index (χ0v) is 16.4. The van der Waals surface area contributed by atoms with Gasteiger partial charge in [0.15, 0.2) is 4.34 Å². The molecule has 0 fully saturated rings. The number of ether oxygens (including phenoxy) is 1. The number of anilines is 1. The summed E-state index contributed by atoms with van der Waals surface area (Å²) in [7, 11) is 0. The predicted octanol–water partition coefficient (Wildman–Crippen LogP) is 4.99.